The molecule has 0 spiro atoms. The van der Waals surface area contributed by atoms with Crippen LogP contribution in [0.25, 0.3) is 0 Å². The van der Waals surface area contributed by atoms with Crippen LogP contribution in [0.15, 0.2) is 18.2 Å². The number of hydrogen-bond donors (Lipinski definition) is 1. The van der Waals surface area contributed by atoms with Gasteiger partial charge in [-0.05, 0) is 31.0 Å². The maximum absolute atomic E-state index is 13.7. The van der Waals surface area contributed by atoms with Crippen molar-refractivity contribution in [1.29, 1.82) is 0 Å². The number of nitrogens with two attached hydrogens (primary N) is 1. The molecule has 0 amide bonds. The van der Waals surface area contributed by atoms with Crippen molar-refractivity contribution in [1.82, 2.24) is 0 Å². The summed E-state index contributed by atoms with van der Waals surface area (Å²) in [5, 5.41) is 0. The summed E-state index contributed by atoms with van der Waals surface area (Å²) in [5.74, 6) is -0.354. The standard InChI is InChI=1S/C13H19FN2S/c1-4-9(5-2)16(3)10-6-7-11(13(15)17)12(14)8-10/h6-9H,4-5H2,1-3H3,(H2,15,17). The molecule has 0 saturated heterocycles. The van der Waals surface area contributed by atoms with Gasteiger partial charge in [0.05, 0.1) is 0 Å². The van der Waals surface area contributed by atoms with Crippen molar-refractivity contribution in [2.24, 2.45) is 5.73 Å². The van der Waals surface area contributed by atoms with E-state index in [9.17, 15) is 4.39 Å². The van der Waals surface area contributed by atoms with Gasteiger partial charge in [-0.25, -0.2) is 4.39 Å². The minimum absolute atomic E-state index is 0.0965. The molecule has 0 aliphatic heterocycles. The summed E-state index contributed by atoms with van der Waals surface area (Å²) in [6.07, 6.45) is 2.07. The molecule has 2 N–H and O–H groups in total. The molecule has 0 aromatic heterocycles. The highest BCUT2D eigenvalue weighted by Gasteiger charge is 2.13. The second kappa shape index (κ2) is 5.96. The van der Waals surface area contributed by atoms with Crippen LogP contribution >= 0.6 is 12.2 Å². The zero-order valence-corrected chi connectivity index (χ0v) is 11.4. The Bertz CT molecular complexity index is 402. The van der Waals surface area contributed by atoms with Crippen LogP contribution in [0, 0.1) is 5.82 Å². The summed E-state index contributed by atoms with van der Waals surface area (Å²) in [4.78, 5) is 2.19. The number of thiocarbonyl (C=S) groups is 1. The lowest BCUT2D eigenvalue weighted by Gasteiger charge is -2.28. The second-order valence-corrected chi connectivity index (χ2v) is 4.55. The molecule has 0 heterocycles. The van der Waals surface area contributed by atoms with Gasteiger partial charge in [0.2, 0.25) is 0 Å². The normalized spacial score (nSPS) is 10.6. The van der Waals surface area contributed by atoms with Gasteiger partial charge in [0.25, 0.3) is 0 Å². The van der Waals surface area contributed by atoms with E-state index in [1.807, 2.05) is 13.1 Å². The molecule has 0 aliphatic carbocycles. The topological polar surface area (TPSA) is 29.3 Å². The summed E-state index contributed by atoms with van der Waals surface area (Å²) in [7, 11) is 1.98. The third kappa shape index (κ3) is 3.16. The fourth-order valence-electron chi connectivity index (χ4n) is 1.97. The van der Waals surface area contributed by atoms with Crippen LogP contribution in [0.3, 0.4) is 0 Å². The van der Waals surface area contributed by atoms with Gasteiger partial charge in [0.15, 0.2) is 0 Å². The molecule has 1 aromatic carbocycles. The van der Waals surface area contributed by atoms with Crippen molar-refractivity contribution in [2.75, 3.05) is 11.9 Å². The number of benzene rings is 1. The molecule has 1 rings (SSSR count). The Kier molecular flexibility index (Phi) is 4.87. The fourth-order valence-corrected chi connectivity index (χ4v) is 2.14. The van der Waals surface area contributed by atoms with Crippen molar-refractivity contribution in [3.8, 4) is 0 Å². The Labute approximate surface area is 108 Å². The molecule has 1 aromatic rings. The van der Waals surface area contributed by atoms with Gasteiger partial charge in [-0.15, -0.1) is 0 Å². The first-order valence-corrected chi connectivity index (χ1v) is 6.24. The van der Waals surface area contributed by atoms with Gasteiger partial charge in [0.1, 0.15) is 10.8 Å². The molecule has 0 atom stereocenters. The van der Waals surface area contributed by atoms with Gasteiger partial charge in [0, 0.05) is 24.3 Å². The zero-order valence-electron chi connectivity index (χ0n) is 10.5. The summed E-state index contributed by atoms with van der Waals surface area (Å²) >= 11 is 4.78. The molecule has 0 fully saturated rings. The minimum atomic E-state index is -0.354. The van der Waals surface area contributed by atoms with E-state index in [0.29, 0.717) is 11.6 Å². The maximum Gasteiger partial charge on any atom is 0.135 e. The number of nitrogens with zero attached hydrogens (tertiary/aromatic N) is 1. The van der Waals surface area contributed by atoms with E-state index in [1.54, 1.807) is 6.07 Å². The lowest BCUT2D eigenvalue weighted by molar-refractivity contribution is 0.586. The molecular weight excluding hydrogens is 235 g/mol. The van der Waals surface area contributed by atoms with E-state index < -0.39 is 0 Å². The van der Waals surface area contributed by atoms with Crippen molar-refractivity contribution in [2.45, 2.75) is 32.7 Å². The summed E-state index contributed by atoms with van der Waals surface area (Å²) < 4.78 is 13.7. The largest absolute Gasteiger partial charge is 0.389 e. The van der Waals surface area contributed by atoms with E-state index in [0.717, 1.165) is 18.5 Å². The van der Waals surface area contributed by atoms with E-state index in [2.05, 4.69) is 18.7 Å². The van der Waals surface area contributed by atoms with Gasteiger partial charge in [-0.1, -0.05) is 26.1 Å². The Morgan fingerprint density at radius 3 is 2.41 bits per heavy atom. The molecule has 17 heavy (non-hydrogen) atoms. The van der Waals surface area contributed by atoms with E-state index in [1.165, 1.54) is 6.07 Å². The molecular formula is C13H19FN2S. The van der Waals surface area contributed by atoms with Crippen LogP contribution in [0.1, 0.15) is 32.3 Å². The molecule has 2 nitrogen and oxygen atoms in total. The van der Waals surface area contributed by atoms with Crippen LogP contribution in [-0.4, -0.2) is 18.1 Å². The molecule has 4 heteroatoms. The Morgan fingerprint density at radius 2 is 2.00 bits per heavy atom. The first-order valence-electron chi connectivity index (χ1n) is 5.83. The summed E-state index contributed by atoms with van der Waals surface area (Å²) in [6, 6.07) is 5.42. The van der Waals surface area contributed by atoms with Crippen molar-refractivity contribution in [3.05, 3.63) is 29.6 Å². The van der Waals surface area contributed by atoms with Crippen LogP contribution in [0.5, 0.6) is 0 Å². The smallest absolute Gasteiger partial charge is 0.135 e. The lowest BCUT2D eigenvalue weighted by Crippen LogP contribution is -2.30. The monoisotopic (exact) mass is 254 g/mol. The van der Waals surface area contributed by atoms with Crippen molar-refractivity contribution < 1.29 is 4.39 Å². The number of anilines is 1. The van der Waals surface area contributed by atoms with E-state index in [4.69, 9.17) is 18.0 Å². The number of rotatable bonds is 5. The maximum atomic E-state index is 13.7. The Balaban J connectivity index is 3.00. The van der Waals surface area contributed by atoms with Gasteiger partial charge in [-0.2, -0.15) is 0 Å². The van der Waals surface area contributed by atoms with E-state index in [-0.39, 0.29) is 10.8 Å². The molecule has 0 unspecified atom stereocenters. The average Bonchev–Trinajstić information content (AvgIpc) is 2.29. The van der Waals surface area contributed by atoms with Crippen molar-refractivity contribution >= 4 is 22.9 Å². The van der Waals surface area contributed by atoms with Crippen LogP contribution in [0.4, 0.5) is 10.1 Å². The predicted octanol–water partition coefficient (Wildman–Crippen LogP) is 3.08. The third-order valence-corrected chi connectivity index (χ3v) is 3.34. The Morgan fingerprint density at radius 1 is 1.41 bits per heavy atom. The Hall–Kier alpha value is -1.16. The highest BCUT2D eigenvalue weighted by atomic mass is 32.1. The van der Waals surface area contributed by atoms with Gasteiger partial charge < -0.3 is 10.6 Å². The number of hydrogen-bond acceptors (Lipinski definition) is 2. The molecule has 0 bridgehead atoms. The van der Waals surface area contributed by atoms with Crippen LogP contribution in [0.2, 0.25) is 0 Å². The summed E-state index contributed by atoms with van der Waals surface area (Å²) in [5.41, 5.74) is 6.60. The second-order valence-electron chi connectivity index (χ2n) is 4.11. The average molecular weight is 254 g/mol. The fraction of sp³-hybridized carbons (Fsp3) is 0.462. The van der Waals surface area contributed by atoms with Crippen molar-refractivity contribution in [3.63, 3.8) is 0 Å². The SMILES string of the molecule is CCC(CC)N(C)c1ccc(C(N)=S)c(F)c1. The quantitative estimate of drug-likeness (QED) is 0.819. The molecule has 0 aliphatic rings. The lowest BCUT2D eigenvalue weighted by atomic mass is 10.1. The summed E-state index contributed by atoms with van der Waals surface area (Å²) in [6.45, 7) is 4.26. The highest BCUT2D eigenvalue weighted by Crippen LogP contribution is 2.21. The van der Waals surface area contributed by atoms with Crippen LogP contribution in [-0.2, 0) is 0 Å². The van der Waals surface area contributed by atoms with E-state index >= 15 is 0 Å². The highest BCUT2D eigenvalue weighted by molar-refractivity contribution is 7.80. The zero-order chi connectivity index (χ0) is 13.0. The van der Waals surface area contributed by atoms with Gasteiger partial charge >= 0.3 is 0 Å². The third-order valence-electron chi connectivity index (χ3n) is 3.12. The molecule has 94 valence electrons. The molecule has 0 saturated carbocycles. The first-order chi connectivity index (χ1) is 8.01. The van der Waals surface area contributed by atoms with Crippen LogP contribution < -0.4 is 10.6 Å². The number of halogens is 1. The first kappa shape index (κ1) is 13.9. The predicted molar refractivity (Wildman–Crippen MR) is 75.1 cm³/mol. The minimum Gasteiger partial charge on any atom is -0.389 e. The molecule has 0 radical (unpaired) electrons. The van der Waals surface area contributed by atoms with Gasteiger partial charge in [-0.3, -0.25) is 0 Å².